The molecule has 0 saturated carbocycles. The Bertz CT molecular complexity index is 615. The van der Waals surface area contributed by atoms with Crippen molar-refractivity contribution in [3.05, 3.63) is 52.3 Å². The highest BCUT2D eigenvalue weighted by Gasteiger charge is 2.08. The van der Waals surface area contributed by atoms with E-state index in [1.54, 1.807) is 24.3 Å². The van der Waals surface area contributed by atoms with Crippen molar-refractivity contribution in [3.8, 4) is 5.75 Å². The molecule has 0 bridgehead atoms. The first-order valence-electron chi connectivity index (χ1n) is 5.39. The van der Waals surface area contributed by atoms with Gasteiger partial charge in [0.15, 0.2) is 11.6 Å². The first kappa shape index (κ1) is 13.6. The number of aliphatic hydroxyl groups is 1. The summed E-state index contributed by atoms with van der Waals surface area (Å²) in [5.74, 6) is -1.33. The smallest absolute Gasteiger partial charge is 0.167 e. The van der Waals surface area contributed by atoms with Crippen molar-refractivity contribution in [2.75, 3.05) is 0 Å². The number of hydrogen-bond donors (Lipinski definition) is 2. The van der Waals surface area contributed by atoms with Crippen LogP contribution < -0.4 is 0 Å². The molecule has 0 heterocycles. The molecular weight excluding hydrogens is 315 g/mol. The van der Waals surface area contributed by atoms with Crippen LogP contribution in [0.1, 0.15) is 5.56 Å². The molecule has 0 aliphatic carbocycles. The second-order valence-electron chi connectivity index (χ2n) is 3.77. The lowest BCUT2D eigenvalue weighted by atomic mass is 10.2. The minimum atomic E-state index is -0.804. The molecule has 98 valence electrons. The van der Waals surface area contributed by atoms with Crippen molar-refractivity contribution in [2.24, 2.45) is 10.2 Å². The summed E-state index contributed by atoms with van der Waals surface area (Å²) in [7, 11) is 0. The maximum absolute atomic E-state index is 13.2. The third-order valence-corrected chi connectivity index (χ3v) is 2.95. The molecule has 2 rings (SSSR count). The van der Waals surface area contributed by atoms with Crippen molar-refractivity contribution in [2.45, 2.75) is 6.61 Å². The summed E-state index contributed by atoms with van der Waals surface area (Å²) in [6, 6.07) is 9.25. The van der Waals surface area contributed by atoms with Crippen LogP contribution in [0.2, 0.25) is 0 Å². The number of phenols is 1. The van der Waals surface area contributed by atoms with Gasteiger partial charge in [0, 0.05) is 16.1 Å². The van der Waals surface area contributed by atoms with E-state index in [2.05, 4.69) is 26.2 Å². The molecule has 0 atom stereocenters. The Kier molecular flexibility index (Phi) is 4.24. The van der Waals surface area contributed by atoms with Crippen LogP contribution in [-0.2, 0) is 6.61 Å². The number of nitrogens with zero attached hydrogens (tertiary/aromatic N) is 2. The predicted molar refractivity (Wildman–Crippen MR) is 72.3 cm³/mol. The third kappa shape index (κ3) is 3.36. The van der Waals surface area contributed by atoms with Gasteiger partial charge in [0.25, 0.3) is 0 Å². The number of benzene rings is 2. The first-order valence-corrected chi connectivity index (χ1v) is 6.19. The van der Waals surface area contributed by atoms with Crippen molar-refractivity contribution in [3.63, 3.8) is 0 Å². The summed E-state index contributed by atoms with van der Waals surface area (Å²) < 4.78 is 14.1. The Balaban J connectivity index is 2.32. The van der Waals surface area contributed by atoms with Crippen molar-refractivity contribution in [1.82, 2.24) is 0 Å². The fourth-order valence-electron chi connectivity index (χ4n) is 1.43. The number of hydrogen-bond acceptors (Lipinski definition) is 4. The molecule has 19 heavy (non-hydrogen) atoms. The number of azo groups is 1. The minimum absolute atomic E-state index is 0.181. The Hall–Kier alpha value is -1.79. The number of aliphatic hydroxyl groups excluding tert-OH is 1. The summed E-state index contributed by atoms with van der Waals surface area (Å²) in [6.07, 6.45) is 0. The molecule has 2 N–H and O–H groups in total. The van der Waals surface area contributed by atoms with Gasteiger partial charge in [-0.15, -0.1) is 0 Å². The van der Waals surface area contributed by atoms with Crippen LogP contribution in [0.5, 0.6) is 5.75 Å². The summed E-state index contributed by atoms with van der Waals surface area (Å²) >= 11 is 3.30. The van der Waals surface area contributed by atoms with E-state index in [1.165, 1.54) is 0 Å². The predicted octanol–water partition coefficient (Wildman–Crippen LogP) is 4.20. The molecule has 4 nitrogen and oxygen atoms in total. The van der Waals surface area contributed by atoms with Gasteiger partial charge in [-0.1, -0.05) is 15.9 Å². The van der Waals surface area contributed by atoms with Gasteiger partial charge in [-0.3, -0.25) is 0 Å². The van der Waals surface area contributed by atoms with Gasteiger partial charge in [0.1, 0.15) is 0 Å². The van der Waals surface area contributed by atoms with E-state index in [0.717, 1.165) is 16.6 Å². The Morgan fingerprint density at radius 3 is 2.42 bits per heavy atom. The van der Waals surface area contributed by atoms with Crippen LogP contribution in [0.25, 0.3) is 0 Å². The monoisotopic (exact) mass is 324 g/mol. The number of halogens is 2. The van der Waals surface area contributed by atoms with Crippen LogP contribution in [0, 0.1) is 5.82 Å². The molecule has 0 amide bonds. The van der Waals surface area contributed by atoms with Crippen molar-refractivity contribution in [1.29, 1.82) is 0 Å². The number of rotatable bonds is 3. The zero-order valence-corrected chi connectivity index (χ0v) is 11.3. The van der Waals surface area contributed by atoms with E-state index in [4.69, 9.17) is 5.11 Å². The first-order chi connectivity index (χ1) is 9.10. The average molecular weight is 325 g/mol. The van der Waals surface area contributed by atoms with Crippen LogP contribution in [-0.4, -0.2) is 10.2 Å². The zero-order valence-electron chi connectivity index (χ0n) is 9.72. The Morgan fingerprint density at radius 1 is 1.11 bits per heavy atom. The number of phenolic OH excluding ortho intramolecular Hbond substituents is 1. The van der Waals surface area contributed by atoms with Gasteiger partial charge in [0.2, 0.25) is 0 Å². The molecule has 0 radical (unpaired) electrons. The van der Waals surface area contributed by atoms with Gasteiger partial charge in [-0.25, -0.2) is 4.39 Å². The van der Waals surface area contributed by atoms with Crippen LogP contribution in [0.3, 0.4) is 0 Å². The molecule has 0 unspecified atom stereocenters. The maximum Gasteiger partial charge on any atom is 0.167 e. The summed E-state index contributed by atoms with van der Waals surface area (Å²) in [5, 5.41) is 26.2. The highest BCUT2D eigenvalue weighted by atomic mass is 79.9. The van der Waals surface area contributed by atoms with Gasteiger partial charge >= 0.3 is 0 Å². The number of aromatic hydroxyl groups is 1. The SMILES string of the molecule is OCc1cc(O)c(F)cc1N=Nc1ccc(Br)cc1. The second-order valence-corrected chi connectivity index (χ2v) is 4.68. The molecule has 6 heteroatoms. The van der Waals surface area contributed by atoms with E-state index in [9.17, 15) is 9.50 Å². The molecule has 2 aromatic rings. The molecule has 2 aromatic carbocycles. The zero-order chi connectivity index (χ0) is 13.8. The molecule has 0 aliphatic heterocycles. The van der Waals surface area contributed by atoms with E-state index in [-0.39, 0.29) is 12.3 Å². The second kappa shape index (κ2) is 5.90. The quantitative estimate of drug-likeness (QED) is 0.831. The topological polar surface area (TPSA) is 65.2 Å². The lowest BCUT2D eigenvalue weighted by Crippen LogP contribution is -1.86. The van der Waals surface area contributed by atoms with E-state index >= 15 is 0 Å². The fourth-order valence-corrected chi connectivity index (χ4v) is 1.70. The minimum Gasteiger partial charge on any atom is -0.505 e. The summed E-state index contributed by atoms with van der Waals surface area (Å²) in [4.78, 5) is 0. The van der Waals surface area contributed by atoms with Gasteiger partial charge in [-0.2, -0.15) is 10.2 Å². The molecule has 0 fully saturated rings. The molecule has 0 spiro atoms. The molecule has 0 aromatic heterocycles. The third-order valence-electron chi connectivity index (χ3n) is 2.42. The lowest BCUT2D eigenvalue weighted by Gasteiger charge is -2.03. The van der Waals surface area contributed by atoms with Gasteiger partial charge < -0.3 is 10.2 Å². The van der Waals surface area contributed by atoms with Gasteiger partial charge in [0.05, 0.1) is 18.0 Å². The molecular formula is C13H10BrFN2O2. The molecule has 0 saturated heterocycles. The van der Waals surface area contributed by atoms with Crippen LogP contribution >= 0.6 is 15.9 Å². The summed E-state index contributed by atoms with van der Waals surface area (Å²) in [5.41, 5.74) is 1.08. The normalized spacial score (nSPS) is 11.1. The average Bonchev–Trinajstić information content (AvgIpc) is 2.41. The largest absolute Gasteiger partial charge is 0.505 e. The maximum atomic E-state index is 13.2. The van der Waals surface area contributed by atoms with Crippen molar-refractivity contribution < 1.29 is 14.6 Å². The van der Waals surface area contributed by atoms with Crippen LogP contribution in [0.15, 0.2) is 51.1 Å². The lowest BCUT2D eigenvalue weighted by molar-refractivity contribution is 0.281. The van der Waals surface area contributed by atoms with Gasteiger partial charge in [-0.05, 0) is 30.3 Å². The Morgan fingerprint density at radius 2 is 1.79 bits per heavy atom. The standard InChI is InChI=1S/C13H10BrFN2O2/c14-9-1-3-10(4-2-9)16-17-12-6-11(15)13(19)5-8(12)7-18/h1-6,18-19H,7H2. The highest BCUT2D eigenvalue weighted by Crippen LogP contribution is 2.29. The Labute approximate surface area is 117 Å². The van der Waals surface area contributed by atoms with E-state index < -0.39 is 11.6 Å². The van der Waals surface area contributed by atoms with E-state index in [1.807, 2.05) is 0 Å². The van der Waals surface area contributed by atoms with Crippen LogP contribution in [0.4, 0.5) is 15.8 Å². The van der Waals surface area contributed by atoms with Crippen molar-refractivity contribution >= 4 is 27.3 Å². The molecule has 0 aliphatic rings. The fraction of sp³-hybridized carbons (Fsp3) is 0.0769. The highest BCUT2D eigenvalue weighted by molar-refractivity contribution is 9.10. The van der Waals surface area contributed by atoms with E-state index in [0.29, 0.717) is 11.3 Å². The summed E-state index contributed by atoms with van der Waals surface area (Å²) in [6.45, 7) is -0.359.